The van der Waals surface area contributed by atoms with Crippen molar-refractivity contribution in [2.24, 2.45) is 0 Å². The Balaban J connectivity index is 1.50. The van der Waals surface area contributed by atoms with Crippen molar-refractivity contribution in [2.75, 3.05) is 31.1 Å². The van der Waals surface area contributed by atoms with Crippen LogP contribution >= 0.6 is 11.3 Å². The van der Waals surface area contributed by atoms with Gasteiger partial charge in [0.25, 0.3) is 11.6 Å². The molecule has 1 fully saturated rings. The van der Waals surface area contributed by atoms with Gasteiger partial charge in [0.2, 0.25) is 0 Å². The van der Waals surface area contributed by atoms with Crippen LogP contribution < -0.4 is 4.90 Å². The van der Waals surface area contributed by atoms with E-state index in [1.54, 1.807) is 35.2 Å². The van der Waals surface area contributed by atoms with Crippen molar-refractivity contribution in [1.29, 1.82) is 0 Å². The molecule has 3 aromatic rings. The van der Waals surface area contributed by atoms with Crippen LogP contribution in [0.1, 0.15) is 9.67 Å². The number of anilines is 1. The molecule has 0 radical (unpaired) electrons. The van der Waals surface area contributed by atoms with Crippen LogP contribution in [0, 0.1) is 20.2 Å². The predicted molar refractivity (Wildman–Crippen MR) is 115 cm³/mol. The molecule has 0 N–H and O–H groups in total. The standard InChI is InChI=1S/C20H17N5O5S/c26-20(16-7-9-18(31-16)25(29)30)23-12-10-22(11-13-23)17-8-6-15(24(27)28)19(21-17)14-4-2-1-3-5-14/h1-9H,10-13H2. The molecular weight excluding hydrogens is 422 g/mol. The highest BCUT2D eigenvalue weighted by atomic mass is 32.1. The topological polar surface area (TPSA) is 123 Å². The van der Waals surface area contributed by atoms with Gasteiger partial charge in [-0.3, -0.25) is 25.0 Å². The number of thiophene rings is 1. The molecule has 0 aliphatic carbocycles. The van der Waals surface area contributed by atoms with Crippen molar-refractivity contribution in [3.63, 3.8) is 0 Å². The van der Waals surface area contributed by atoms with Gasteiger partial charge in [-0.05, 0) is 12.1 Å². The lowest BCUT2D eigenvalue weighted by Crippen LogP contribution is -2.48. The number of hydrogen-bond acceptors (Lipinski definition) is 8. The second-order valence-electron chi connectivity index (χ2n) is 6.83. The maximum Gasteiger partial charge on any atom is 0.324 e. The zero-order valence-electron chi connectivity index (χ0n) is 16.2. The van der Waals surface area contributed by atoms with Gasteiger partial charge in [0.1, 0.15) is 5.82 Å². The SMILES string of the molecule is O=C(c1ccc([N+](=O)[O-])s1)N1CCN(c2ccc([N+](=O)[O-])c(-c3ccccc3)n2)CC1. The van der Waals surface area contributed by atoms with Crippen molar-refractivity contribution < 1.29 is 14.6 Å². The van der Waals surface area contributed by atoms with E-state index >= 15 is 0 Å². The second-order valence-corrected chi connectivity index (χ2v) is 7.90. The van der Waals surface area contributed by atoms with Gasteiger partial charge >= 0.3 is 5.00 Å². The predicted octanol–water partition coefficient (Wildman–Crippen LogP) is 3.59. The summed E-state index contributed by atoms with van der Waals surface area (Å²) in [5, 5.41) is 22.2. The molecule has 3 heterocycles. The van der Waals surface area contributed by atoms with Crippen LogP contribution in [-0.2, 0) is 0 Å². The summed E-state index contributed by atoms with van der Waals surface area (Å²) in [6.45, 7) is 1.84. The highest BCUT2D eigenvalue weighted by Gasteiger charge is 2.26. The number of rotatable bonds is 5. The largest absolute Gasteiger partial charge is 0.353 e. The first-order valence-corrected chi connectivity index (χ1v) is 10.2. The Morgan fingerprint density at radius 3 is 2.23 bits per heavy atom. The number of amides is 1. The van der Waals surface area contributed by atoms with Crippen LogP contribution in [0.15, 0.2) is 54.6 Å². The number of carbonyl (C=O) groups is 1. The molecule has 1 amide bonds. The van der Waals surface area contributed by atoms with Crippen LogP contribution in [0.5, 0.6) is 0 Å². The molecule has 0 unspecified atom stereocenters. The van der Waals surface area contributed by atoms with Crippen molar-refractivity contribution in [3.8, 4) is 11.3 Å². The Hall–Kier alpha value is -3.86. The fraction of sp³-hybridized carbons (Fsp3) is 0.200. The molecule has 158 valence electrons. The Kier molecular flexibility index (Phi) is 5.58. The average molecular weight is 439 g/mol. The summed E-state index contributed by atoms with van der Waals surface area (Å²) >= 11 is 0.864. The number of nitro groups is 2. The lowest BCUT2D eigenvalue weighted by molar-refractivity contribution is -0.384. The van der Waals surface area contributed by atoms with Gasteiger partial charge in [0, 0.05) is 43.9 Å². The van der Waals surface area contributed by atoms with E-state index < -0.39 is 9.85 Å². The van der Waals surface area contributed by atoms with E-state index in [4.69, 9.17) is 0 Å². The molecule has 1 aliphatic heterocycles. The van der Waals surface area contributed by atoms with Crippen LogP contribution in [-0.4, -0.2) is 51.8 Å². The van der Waals surface area contributed by atoms with Gasteiger partial charge in [0.15, 0.2) is 5.69 Å². The molecule has 0 saturated carbocycles. The minimum atomic E-state index is -0.510. The summed E-state index contributed by atoms with van der Waals surface area (Å²) in [5.74, 6) is 0.364. The number of aromatic nitrogens is 1. The molecule has 11 heteroatoms. The van der Waals surface area contributed by atoms with Gasteiger partial charge in [0.05, 0.1) is 14.7 Å². The first kappa shape index (κ1) is 20.4. The molecule has 4 rings (SSSR count). The van der Waals surface area contributed by atoms with Crippen molar-refractivity contribution in [1.82, 2.24) is 9.88 Å². The van der Waals surface area contributed by atoms with Crippen molar-refractivity contribution in [2.45, 2.75) is 0 Å². The molecule has 1 aliphatic rings. The van der Waals surface area contributed by atoms with Gasteiger partial charge < -0.3 is 9.80 Å². The third kappa shape index (κ3) is 4.21. The molecule has 0 atom stereocenters. The minimum absolute atomic E-state index is 0.0643. The first-order chi connectivity index (χ1) is 14.9. The number of pyridine rings is 1. The fourth-order valence-corrected chi connectivity index (χ4v) is 4.20. The van der Waals surface area contributed by atoms with Gasteiger partial charge in [-0.25, -0.2) is 4.98 Å². The highest BCUT2D eigenvalue weighted by molar-refractivity contribution is 7.17. The number of piperazine rings is 1. The maximum absolute atomic E-state index is 12.6. The molecule has 1 saturated heterocycles. The quantitative estimate of drug-likeness (QED) is 0.440. The summed E-state index contributed by atoms with van der Waals surface area (Å²) in [5.41, 5.74) is 0.889. The zero-order valence-corrected chi connectivity index (χ0v) is 17.0. The Labute approximate surface area is 180 Å². The summed E-state index contributed by atoms with van der Waals surface area (Å²) in [7, 11) is 0. The molecule has 10 nitrogen and oxygen atoms in total. The van der Waals surface area contributed by atoms with E-state index in [1.165, 1.54) is 18.2 Å². The third-order valence-corrected chi connectivity index (χ3v) is 6.00. The van der Waals surface area contributed by atoms with E-state index in [0.717, 1.165) is 11.3 Å². The number of hydrogen-bond donors (Lipinski definition) is 0. The van der Waals surface area contributed by atoms with Crippen LogP contribution in [0.4, 0.5) is 16.5 Å². The number of nitrogens with zero attached hydrogens (tertiary/aromatic N) is 5. The number of benzene rings is 1. The summed E-state index contributed by atoms with van der Waals surface area (Å²) < 4.78 is 0. The Bertz CT molecular complexity index is 1140. The van der Waals surface area contributed by atoms with Crippen LogP contribution in [0.25, 0.3) is 11.3 Å². The van der Waals surface area contributed by atoms with Crippen LogP contribution in [0.2, 0.25) is 0 Å². The number of carbonyl (C=O) groups excluding carboxylic acids is 1. The second kappa shape index (κ2) is 8.48. The molecule has 31 heavy (non-hydrogen) atoms. The maximum atomic E-state index is 12.6. The van der Waals surface area contributed by atoms with Gasteiger partial charge in [-0.15, -0.1) is 0 Å². The van der Waals surface area contributed by atoms with E-state index in [-0.39, 0.29) is 16.6 Å². The van der Waals surface area contributed by atoms with Crippen LogP contribution in [0.3, 0.4) is 0 Å². The molecule has 0 spiro atoms. The van der Waals surface area contributed by atoms with Gasteiger partial charge in [-0.1, -0.05) is 41.7 Å². The minimum Gasteiger partial charge on any atom is -0.353 e. The molecular formula is C20H17N5O5S. The van der Waals surface area contributed by atoms with E-state index in [0.29, 0.717) is 48.1 Å². The Morgan fingerprint density at radius 1 is 0.903 bits per heavy atom. The van der Waals surface area contributed by atoms with Gasteiger partial charge in [-0.2, -0.15) is 0 Å². The van der Waals surface area contributed by atoms with E-state index in [9.17, 15) is 25.0 Å². The van der Waals surface area contributed by atoms with E-state index in [1.807, 2.05) is 11.0 Å². The average Bonchev–Trinajstić information content (AvgIpc) is 3.29. The fourth-order valence-electron chi connectivity index (χ4n) is 3.41. The Morgan fingerprint density at radius 2 is 1.61 bits per heavy atom. The summed E-state index contributed by atoms with van der Waals surface area (Å²) in [6.07, 6.45) is 0. The smallest absolute Gasteiger partial charge is 0.324 e. The highest BCUT2D eigenvalue weighted by Crippen LogP contribution is 2.31. The van der Waals surface area contributed by atoms with E-state index in [2.05, 4.69) is 4.98 Å². The van der Waals surface area contributed by atoms with Crippen molar-refractivity contribution in [3.05, 3.63) is 79.7 Å². The molecule has 2 aromatic heterocycles. The van der Waals surface area contributed by atoms with Crippen molar-refractivity contribution >= 4 is 33.8 Å². The lowest BCUT2D eigenvalue weighted by Gasteiger charge is -2.35. The first-order valence-electron chi connectivity index (χ1n) is 9.43. The molecule has 0 bridgehead atoms. The zero-order chi connectivity index (χ0) is 22.0. The lowest BCUT2D eigenvalue weighted by atomic mass is 10.1. The normalized spacial score (nSPS) is 13.8. The monoisotopic (exact) mass is 439 g/mol. The summed E-state index contributed by atoms with van der Waals surface area (Å²) in [6, 6.07) is 14.8. The summed E-state index contributed by atoms with van der Waals surface area (Å²) in [4.78, 5) is 42.5. The third-order valence-electron chi connectivity index (χ3n) is 4.98. The molecule has 1 aromatic carbocycles.